The minimum Gasteiger partial charge on any atom is -0.317 e. The molecule has 0 unspecified atom stereocenters. The highest BCUT2D eigenvalue weighted by atomic mass is 16.1. The number of quaternary nitrogens is 1. The lowest BCUT2D eigenvalue weighted by Gasteiger charge is -2.50. The van der Waals surface area contributed by atoms with Crippen LogP contribution in [0.1, 0.15) is 21.5 Å². The number of piperazine rings is 3. The first kappa shape index (κ1) is 14.6. The Morgan fingerprint density at radius 2 is 1.39 bits per heavy atom. The normalized spacial score (nSPS) is 26.2. The molecule has 3 aliphatic rings. The molecule has 0 saturated carbocycles. The molecule has 3 heterocycles. The van der Waals surface area contributed by atoms with Crippen molar-refractivity contribution >= 4 is 5.78 Å². The summed E-state index contributed by atoms with van der Waals surface area (Å²) in [4.78, 5) is 15.0. The van der Waals surface area contributed by atoms with Crippen LogP contribution in [0, 0.1) is 0 Å². The topological polar surface area (TPSA) is 20.3 Å². The van der Waals surface area contributed by atoms with Crippen molar-refractivity contribution in [2.45, 2.75) is 6.54 Å². The van der Waals surface area contributed by atoms with Crippen molar-refractivity contribution in [1.29, 1.82) is 0 Å². The molecule has 3 saturated heterocycles. The number of rotatable bonds is 4. The van der Waals surface area contributed by atoms with Crippen LogP contribution in [0.5, 0.6) is 0 Å². The highest BCUT2D eigenvalue weighted by Crippen LogP contribution is 2.23. The average Bonchev–Trinajstić information content (AvgIpc) is 2.64. The monoisotopic (exact) mass is 307 g/mol. The lowest BCUT2D eigenvalue weighted by atomic mass is 10.0. The van der Waals surface area contributed by atoms with Gasteiger partial charge in [0.15, 0.2) is 5.78 Å². The summed E-state index contributed by atoms with van der Waals surface area (Å²) in [6.45, 7) is 8.63. The molecule has 2 bridgehead atoms. The second-order valence-corrected chi connectivity index (χ2v) is 6.90. The Bertz CT molecular complexity index is 672. The van der Waals surface area contributed by atoms with E-state index in [0.717, 1.165) is 17.7 Å². The van der Waals surface area contributed by atoms with Crippen molar-refractivity contribution < 1.29 is 9.28 Å². The van der Waals surface area contributed by atoms with Gasteiger partial charge in [-0.15, -0.1) is 0 Å². The van der Waals surface area contributed by atoms with Crippen LogP contribution in [-0.2, 0) is 6.54 Å². The first-order valence-corrected chi connectivity index (χ1v) is 8.50. The second-order valence-electron chi connectivity index (χ2n) is 6.90. The number of nitrogens with zero attached hydrogens (tertiary/aromatic N) is 2. The molecule has 2 aromatic rings. The number of carbonyl (C=O) groups is 1. The van der Waals surface area contributed by atoms with E-state index in [1.165, 1.54) is 49.3 Å². The molecule has 23 heavy (non-hydrogen) atoms. The number of benzene rings is 2. The SMILES string of the molecule is O=C(c1ccccc1)c1ccc(C[N+]23CCN(CC2)CC3)cc1. The summed E-state index contributed by atoms with van der Waals surface area (Å²) in [6.07, 6.45) is 0. The third kappa shape index (κ3) is 2.94. The van der Waals surface area contributed by atoms with Crippen LogP contribution in [0.25, 0.3) is 0 Å². The molecule has 3 aliphatic heterocycles. The lowest BCUT2D eigenvalue weighted by Crippen LogP contribution is -2.66. The molecule has 2 aromatic carbocycles. The molecule has 0 spiro atoms. The second kappa shape index (κ2) is 5.91. The fraction of sp³-hybridized carbons (Fsp3) is 0.350. The van der Waals surface area contributed by atoms with Gasteiger partial charge in [-0.25, -0.2) is 0 Å². The van der Waals surface area contributed by atoms with Gasteiger partial charge < -0.3 is 4.48 Å². The zero-order chi connectivity index (χ0) is 15.7. The van der Waals surface area contributed by atoms with E-state index in [9.17, 15) is 4.79 Å². The van der Waals surface area contributed by atoms with E-state index < -0.39 is 0 Å². The van der Waals surface area contributed by atoms with Gasteiger partial charge in [0.1, 0.15) is 6.54 Å². The van der Waals surface area contributed by atoms with Crippen LogP contribution >= 0.6 is 0 Å². The number of hydrogen-bond acceptors (Lipinski definition) is 2. The van der Waals surface area contributed by atoms with Crippen LogP contribution in [0.2, 0.25) is 0 Å². The minimum atomic E-state index is 0.107. The Balaban J connectivity index is 1.49. The molecule has 118 valence electrons. The minimum absolute atomic E-state index is 0.107. The molecule has 5 rings (SSSR count). The van der Waals surface area contributed by atoms with Gasteiger partial charge in [-0.05, 0) is 0 Å². The van der Waals surface area contributed by atoms with Crippen molar-refractivity contribution in [1.82, 2.24) is 4.90 Å². The lowest BCUT2D eigenvalue weighted by molar-refractivity contribution is -0.953. The summed E-state index contributed by atoms with van der Waals surface area (Å²) in [7, 11) is 0. The molecule has 0 radical (unpaired) electrons. The maximum atomic E-state index is 12.5. The van der Waals surface area contributed by atoms with Crippen LogP contribution in [0.15, 0.2) is 54.6 Å². The Morgan fingerprint density at radius 3 is 2.00 bits per heavy atom. The van der Waals surface area contributed by atoms with E-state index in [1.807, 2.05) is 42.5 Å². The van der Waals surface area contributed by atoms with E-state index >= 15 is 0 Å². The van der Waals surface area contributed by atoms with Crippen LogP contribution in [0.3, 0.4) is 0 Å². The molecule has 0 N–H and O–H groups in total. The average molecular weight is 307 g/mol. The van der Waals surface area contributed by atoms with Gasteiger partial charge >= 0.3 is 0 Å². The maximum absolute atomic E-state index is 12.5. The van der Waals surface area contributed by atoms with Crippen molar-refractivity contribution in [3.63, 3.8) is 0 Å². The summed E-state index contributed by atoms with van der Waals surface area (Å²) < 4.78 is 1.22. The summed E-state index contributed by atoms with van der Waals surface area (Å²) in [5, 5.41) is 0. The first-order valence-electron chi connectivity index (χ1n) is 8.50. The van der Waals surface area contributed by atoms with Gasteiger partial charge in [0.2, 0.25) is 0 Å². The third-order valence-corrected chi connectivity index (χ3v) is 5.44. The van der Waals surface area contributed by atoms with Gasteiger partial charge in [0.25, 0.3) is 0 Å². The smallest absolute Gasteiger partial charge is 0.193 e. The summed E-state index contributed by atoms with van der Waals surface area (Å²) in [6, 6.07) is 17.8. The Labute approximate surface area is 137 Å². The number of hydrogen-bond donors (Lipinski definition) is 0. The van der Waals surface area contributed by atoms with Crippen LogP contribution < -0.4 is 0 Å². The molecule has 3 heteroatoms. The number of fused-ring (bicyclic) bond motifs is 3. The van der Waals surface area contributed by atoms with Crippen molar-refractivity contribution in [3.8, 4) is 0 Å². The maximum Gasteiger partial charge on any atom is 0.193 e. The molecule has 3 nitrogen and oxygen atoms in total. The van der Waals surface area contributed by atoms with E-state index in [2.05, 4.69) is 17.0 Å². The van der Waals surface area contributed by atoms with Crippen LogP contribution in [0.4, 0.5) is 0 Å². The zero-order valence-electron chi connectivity index (χ0n) is 13.4. The van der Waals surface area contributed by atoms with Gasteiger partial charge in [0, 0.05) is 36.3 Å². The zero-order valence-corrected chi connectivity index (χ0v) is 13.4. The predicted octanol–water partition coefficient (Wildman–Crippen LogP) is 2.56. The summed E-state index contributed by atoms with van der Waals surface area (Å²) >= 11 is 0. The molecule has 0 atom stereocenters. The van der Waals surface area contributed by atoms with Gasteiger partial charge in [-0.3, -0.25) is 9.69 Å². The Kier molecular flexibility index (Phi) is 3.76. The summed E-state index contributed by atoms with van der Waals surface area (Å²) in [5.74, 6) is 0.107. The van der Waals surface area contributed by atoms with Gasteiger partial charge in [-0.1, -0.05) is 54.6 Å². The number of carbonyl (C=O) groups excluding carboxylic acids is 1. The fourth-order valence-electron chi connectivity index (χ4n) is 3.87. The fourth-order valence-corrected chi connectivity index (χ4v) is 3.87. The third-order valence-electron chi connectivity index (χ3n) is 5.44. The standard InChI is InChI=1S/C20H23N2O/c23-20(18-4-2-1-3-5-18)19-8-6-17(7-9-19)16-22-13-10-21(11-14-22)12-15-22/h1-9H,10-16H2/q+1. The highest BCUT2D eigenvalue weighted by Gasteiger charge is 2.38. The molecule has 0 aliphatic carbocycles. The quantitative estimate of drug-likeness (QED) is 0.639. The molecule has 3 fully saturated rings. The first-order chi connectivity index (χ1) is 11.2. The predicted molar refractivity (Wildman–Crippen MR) is 91.3 cm³/mol. The van der Waals surface area contributed by atoms with E-state index in [0.29, 0.717) is 0 Å². The van der Waals surface area contributed by atoms with Gasteiger partial charge in [0.05, 0.1) is 19.6 Å². The largest absolute Gasteiger partial charge is 0.317 e. The molecular formula is C20H23N2O+. The Hall–Kier alpha value is -1.97. The molecule has 0 aromatic heterocycles. The van der Waals surface area contributed by atoms with E-state index in [4.69, 9.17) is 0 Å². The van der Waals surface area contributed by atoms with Crippen molar-refractivity contribution in [2.24, 2.45) is 0 Å². The van der Waals surface area contributed by atoms with Crippen molar-refractivity contribution in [3.05, 3.63) is 71.3 Å². The van der Waals surface area contributed by atoms with E-state index in [-0.39, 0.29) is 5.78 Å². The van der Waals surface area contributed by atoms with Gasteiger partial charge in [-0.2, -0.15) is 0 Å². The Morgan fingerprint density at radius 1 is 0.826 bits per heavy atom. The van der Waals surface area contributed by atoms with E-state index in [1.54, 1.807) is 0 Å². The molecule has 0 amide bonds. The van der Waals surface area contributed by atoms with Crippen molar-refractivity contribution in [2.75, 3.05) is 39.3 Å². The number of ketones is 1. The highest BCUT2D eigenvalue weighted by molar-refractivity contribution is 6.08. The summed E-state index contributed by atoms with van der Waals surface area (Å²) in [5.41, 5.74) is 2.89. The molecular weight excluding hydrogens is 284 g/mol. The van der Waals surface area contributed by atoms with Crippen LogP contribution in [-0.4, -0.2) is 54.4 Å².